The predicted molar refractivity (Wildman–Crippen MR) is 202 cm³/mol. The molecule has 19 heteroatoms. The van der Waals surface area contributed by atoms with Gasteiger partial charge in [0.05, 0.1) is 33.4 Å². The highest BCUT2D eigenvalue weighted by Crippen LogP contribution is 2.38. The molecule has 0 aliphatic heterocycles. The number of sulfonamides is 2. The van der Waals surface area contributed by atoms with Crippen LogP contribution in [0.1, 0.15) is 16.7 Å². The Kier molecular flexibility index (Phi) is 12.9. The molecule has 0 saturated carbocycles. The summed E-state index contributed by atoms with van der Waals surface area (Å²) in [5.74, 6) is 1.77. The summed E-state index contributed by atoms with van der Waals surface area (Å²) < 4.78 is 79.7. The molecule has 280 valence electrons. The number of hydrogen-bond donors (Lipinski definition) is 3. The molecular formula is C34H36IN7O9S2. The van der Waals surface area contributed by atoms with Crippen LogP contribution in [0.15, 0.2) is 94.7 Å². The second-order valence-electron chi connectivity index (χ2n) is 11.4. The van der Waals surface area contributed by atoms with E-state index in [1.165, 1.54) is 35.3 Å². The van der Waals surface area contributed by atoms with Crippen molar-refractivity contribution in [2.75, 3.05) is 34.4 Å². The average Bonchev–Trinajstić information content (AvgIpc) is 3.61. The Balaban J connectivity index is 1.70. The van der Waals surface area contributed by atoms with Crippen LogP contribution < -0.4 is 24.2 Å². The highest BCUT2D eigenvalue weighted by atomic mass is 127. The first kappa shape index (κ1) is 39.4. The van der Waals surface area contributed by atoms with Gasteiger partial charge in [0.2, 0.25) is 20.0 Å². The van der Waals surface area contributed by atoms with Crippen LogP contribution in [-0.4, -0.2) is 87.0 Å². The third kappa shape index (κ3) is 9.59. The average molecular weight is 878 g/mol. The van der Waals surface area contributed by atoms with E-state index in [1.807, 2.05) is 22.6 Å². The van der Waals surface area contributed by atoms with Crippen LogP contribution in [-0.2, 0) is 39.7 Å². The maximum atomic E-state index is 15.3. The standard InChI is InChI=1S/C34H36IN7O9S2/c1-49-26-10-4-23(5-11-26)20-41(21-24-6-12-27(50-2)13-7-24)53(47,48)32-30(52(45,46)37-19-18-36-34(43)44)17-16-29(35)31(32)33-38-39-40-42(33)22-25-8-14-28(51-3)15-9-25/h4-17,36-37H,18-22H2,1-3H3,(H,43,44). The van der Waals surface area contributed by atoms with E-state index in [0.717, 1.165) is 5.56 Å². The minimum Gasteiger partial charge on any atom is -0.497 e. The molecule has 0 aliphatic rings. The van der Waals surface area contributed by atoms with E-state index in [2.05, 4.69) is 25.6 Å². The highest BCUT2D eigenvalue weighted by molar-refractivity contribution is 14.1. The van der Waals surface area contributed by atoms with Gasteiger partial charge in [-0.3, -0.25) is 0 Å². The summed E-state index contributed by atoms with van der Waals surface area (Å²) >= 11 is 1.93. The first-order valence-corrected chi connectivity index (χ1v) is 19.8. The first-order chi connectivity index (χ1) is 25.4. The van der Waals surface area contributed by atoms with Crippen molar-refractivity contribution in [3.63, 3.8) is 0 Å². The number of ether oxygens (including phenoxy) is 3. The number of carboxylic acid groups (broad SMARTS) is 1. The van der Waals surface area contributed by atoms with Gasteiger partial charge >= 0.3 is 6.09 Å². The van der Waals surface area contributed by atoms with E-state index in [9.17, 15) is 13.2 Å². The Morgan fingerprint density at radius 2 is 1.28 bits per heavy atom. The van der Waals surface area contributed by atoms with Gasteiger partial charge in [-0.15, -0.1) is 5.10 Å². The fraction of sp³-hybridized carbons (Fsp3) is 0.235. The quantitative estimate of drug-likeness (QED) is 0.0898. The molecule has 0 fully saturated rings. The lowest BCUT2D eigenvalue weighted by Gasteiger charge is -2.26. The number of carbonyl (C=O) groups is 1. The fourth-order valence-corrected chi connectivity index (χ4v) is 9.58. The van der Waals surface area contributed by atoms with Gasteiger partial charge in [0.15, 0.2) is 5.82 Å². The van der Waals surface area contributed by atoms with Crippen molar-refractivity contribution in [1.82, 2.24) is 34.6 Å². The summed E-state index contributed by atoms with van der Waals surface area (Å²) in [7, 11) is -4.77. The normalized spacial score (nSPS) is 11.7. The molecule has 0 atom stereocenters. The molecule has 1 amide bonds. The van der Waals surface area contributed by atoms with Gasteiger partial charge in [-0.2, -0.15) is 4.31 Å². The summed E-state index contributed by atoms with van der Waals surface area (Å²) in [5.41, 5.74) is 1.92. The molecule has 0 aliphatic carbocycles. The van der Waals surface area contributed by atoms with Gasteiger partial charge < -0.3 is 24.6 Å². The lowest BCUT2D eigenvalue weighted by atomic mass is 10.2. The van der Waals surface area contributed by atoms with E-state index in [-0.39, 0.29) is 44.1 Å². The smallest absolute Gasteiger partial charge is 0.404 e. The Hall–Kier alpha value is -4.83. The van der Waals surface area contributed by atoms with Crippen LogP contribution in [0.4, 0.5) is 4.79 Å². The number of nitrogens with one attached hydrogen (secondary N) is 2. The topological polar surface area (TPSA) is 204 Å². The molecule has 0 unspecified atom stereocenters. The maximum absolute atomic E-state index is 15.3. The number of amides is 1. The van der Waals surface area contributed by atoms with Crippen molar-refractivity contribution >= 4 is 48.7 Å². The molecular weight excluding hydrogens is 841 g/mol. The number of methoxy groups -OCH3 is 3. The summed E-state index contributed by atoms with van der Waals surface area (Å²) in [6.45, 7) is -0.828. The lowest BCUT2D eigenvalue weighted by Crippen LogP contribution is -2.36. The number of nitrogens with zero attached hydrogens (tertiary/aromatic N) is 5. The van der Waals surface area contributed by atoms with E-state index >= 15 is 8.42 Å². The SMILES string of the molecule is COc1ccc(CN(Cc2ccc(OC)cc2)S(=O)(=O)c2c(S(=O)(=O)NCCNC(=O)O)ccc(I)c2-c2nnnn2Cc2ccc(OC)cc2)cc1. The van der Waals surface area contributed by atoms with Crippen molar-refractivity contribution in [2.45, 2.75) is 29.4 Å². The van der Waals surface area contributed by atoms with Gasteiger partial charge in [-0.1, -0.05) is 36.4 Å². The molecule has 1 heterocycles. The van der Waals surface area contributed by atoms with Gasteiger partial charge in [-0.05, 0) is 98.2 Å². The zero-order valence-corrected chi connectivity index (χ0v) is 32.6. The van der Waals surface area contributed by atoms with Gasteiger partial charge in [0, 0.05) is 29.7 Å². The van der Waals surface area contributed by atoms with Crippen molar-refractivity contribution in [3.05, 3.63) is 105 Å². The highest BCUT2D eigenvalue weighted by Gasteiger charge is 2.37. The molecule has 16 nitrogen and oxygen atoms in total. The van der Waals surface area contributed by atoms with E-state index < -0.39 is 35.9 Å². The summed E-state index contributed by atoms with van der Waals surface area (Å²) in [6.07, 6.45) is -1.35. The van der Waals surface area contributed by atoms with Gasteiger partial charge in [-0.25, -0.2) is 31.0 Å². The summed E-state index contributed by atoms with van der Waals surface area (Å²) in [5, 5.41) is 23.3. The van der Waals surface area contributed by atoms with E-state index in [1.54, 1.807) is 79.9 Å². The van der Waals surface area contributed by atoms with Crippen LogP contribution in [0.5, 0.6) is 17.2 Å². The molecule has 0 spiro atoms. The van der Waals surface area contributed by atoms with Gasteiger partial charge in [0.25, 0.3) is 0 Å². The molecule has 0 bridgehead atoms. The largest absolute Gasteiger partial charge is 0.497 e. The number of hydrogen-bond acceptors (Lipinski definition) is 11. The van der Waals surface area contributed by atoms with Crippen LogP contribution in [0.3, 0.4) is 0 Å². The first-order valence-electron chi connectivity index (χ1n) is 15.8. The molecule has 5 aromatic rings. The van der Waals surface area contributed by atoms with Crippen molar-refractivity contribution < 1.29 is 40.9 Å². The molecule has 0 radical (unpaired) electrons. The number of aromatic nitrogens is 4. The minimum absolute atomic E-state index is 0.00207. The second kappa shape index (κ2) is 17.3. The second-order valence-corrected chi connectivity index (χ2v) is 16.1. The number of rotatable bonds is 17. The molecule has 0 saturated heterocycles. The summed E-state index contributed by atoms with van der Waals surface area (Å²) in [6, 6.07) is 23.4. The molecule has 53 heavy (non-hydrogen) atoms. The molecule has 3 N–H and O–H groups in total. The Bertz CT molecular complexity index is 2200. The van der Waals surface area contributed by atoms with Crippen molar-refractivity contribution in [3.8, 4) is 28.6 Å². The summed E-state index contributed by atoms with van der Waals surface area (Å²) in [4.78, 5) is 9.89. The number of tetrazole rings is 1. The number of halogens is 1. The van der Waals surface area contributed by atoms with E-state index in [0.29, 0.717) is 31.9 Å². The van der Waals surface area contributed by atoms with Crippen LogP contribution >= 0.6 is 22.6 Å². The Morgan fingerprint density at radius 1 is 0.774 bits per heavy atom. The predicted octanol–water partition coefficient (Wildman–Crippen LogP) is 3.96. The van der Waals surface area contributed by atoms with Crippen molar-refractivity contribution in [2.24, 2.45) is 0 Å². The molecule has 4 aromatic carbocycles. The number of benzene rings is 4. The van der Waals surface area contributed by atoms with E-state index in [4.69, 9.17) is 19.3 Å². The van der Waals surface area contributed by atoms with Gasteiger partial charge in [0.1, 0.15) is 27.0 Å². The maximum Gasteiger partial charge on any atom is 0.404 e. The van der Waals surface area contributed by atoms with Crippen LogP contribution in [0.25, 0.3) is 11.4 Å². The third-order valence-corrected chi connectivity index (χ3v) is 12.3. The Labute approximate surface area is 320 Å². The molecule has 1 aromatic heterocycles. The van der Waals surface area contributed by atoms with Crippen LogP contribution in [0, 0.1) is 3.57 Å². The fourth-order valence-electron chi connectivity index (χ4n) is 5.27. The Morgan fingerprint density at radius 3 is 1.77 bits per heavy atom. The third-order valence-electron chi connectivity index (χ3n) is 7.93. The minimum atomic E-state index is -4.75. The molecule has 5 rings (SSSR count). The zero-order chi connectivity index (χ0) is 38.2. The lowest BCUT2D eigenvalue weighted by molar-refractivity contribution is 0.194. The zero-order valence-electron chi connectivity index (χ0n) is 28.8. The van der Waals surface area contributed by atoms with Crippen LogP contribution in [0.2, 0.25) is 0 Å². The monoisotopic (exact) mass is 877 g/mol. The van der Waals surface area contributed by atoms with Crippen molar-refractivity contribution in [1.29, 1.82) is 0 Å².